The lowest BCUT2D eigenvalue weighted by Gasteiger charge is -2.26. The van der Waals surface area contributed by atoms with Crippen molar-refractivity contribution in [3.63, 3.8) is 0 Å². The molecule has 0 aliphatic heterocycles. The average molecular weight is 251 g/mol. The van der Waals surface area contributed by atoms with Gasteiger partial charge in [-0.15, -0.1) is 0 Å². The lowest BCUT2D eigenvalue weighted by Crippen LogP contribution is -2.30. The molecule has 0 bridgehead atoms. The molecule has 0 N–H and O–H groups in total. The van der Waals surface area contributed by atoms with Gasteiger partial charge in [0.1, 0.15) is 11.0 Å². The van der Waals surface area contributed by atoms with Crippen molar-refractivity contribution in [2.45, 2.75) is 32.4 Å². The molecule has 0 saturated heterocycles. The molecule has 1 aromatic heterocycles. The maximum atomic E-state index is 12.6. The summed E-state index contributed by atoms with van der Waals surface area (Å²) >= 11 is 5.88. The minimum absolute atomic E-state index is 0.0721. The normalized spacial score (nSPS) is 20.7. The molecule has 88 valence electrons. The largest absolute Gasteiger partial charge is 0.392 e. The minimum atomic E-state index is -4.15. The highest BCUT2D eigenvalue weighted by Crippen LogP contribution is 2.37. The molecule has 1 aromatic rings. The van der Waals surface area contributed by atoms with Crippen LogP contribution in [0.3, 0.4) is 0 Å². The number of fused-ring (bicyclic) bond motifs is 1. The third-order valence-electron chi connectivity index (χ3n) is 2.80. The fraction of sp³-hybridized carbons (Fsp3) is 0.600. The Morgan fingerprint density at radius 1 is 1.31 bits per heavy atom. The average Bonchev–Trinajstić information content (AvgIpc) is 2.15. The van der Waals surface area contributed by atoms with E-state index in [-0.39, 0.29) is 12.8 Å². The van der Waals surface area contributed by atoms with E-state index in [0.29, 0.717) is 28.7 Å². The number of hydrogen-bond acceptors (Lipinski definition) is 2. The second-order valence-electron chi connectivity index (χ2n) is 3.97. The summed E-state index contributed by atoms with van der Waals surface area (Å²) in [7, 11) is 0. The minimum Gasteiger partial charge on any atom is -0.238 e. The Labute approximate surface area is 95.9 Å². The Morgan fingerprint density at radius 3 is 2.62 bits per heavy atom. The molecule has 1 heterocycles. The molecule has 2 nitrogen and oxygen atoms in total. The van der Waals surface area contributed by atoms with Crippen molar-refractivity contribution in [1.82, 2.24) is 9.97 Å². The molecule has 0 aromatic carbocycles. The summed E-state index contributed by atoms with van der Waals surface area (Å²) in [5.41, 5.74) is 1.12. The summed E-state index contributed by atoms with van der Waals surface area (Å²) in [5.74, 6) is -0.878. The number of aryl methyl sites for hydroxylation is 1. The van der Waals surface area contributed by atoms with Gasteiger partial charge in [-0.3, -0.25) is 0 Å². The number of alkyl halides is 3. The highest BCUT2D eigenvalue weighted by molar-refractivity contribution is 6.30. The van der Waals surface area contributed by atoms with Crippen LogP contribution in [-0.2, 0) is 12.8 Å². The van der Waals surface area contributed by atoms with Gasteiger partial charge in [-0.05, 0) is 19.8 Å². The zero-order valence-corrected chi connectivity index (χ0v) is 9.36. The van der Waals surface area contributed by atoms with Crippen LogP contribution >= 0.6 is 11.6 Å². The summed E-state index contributed by atoms with van der Waals surface area (Å²) in [4.78, 5) is 7.99. The van der Waals surface area contributed by atoms with Crippen molar-refractivity contribution >= 4 is 11.6 Å². The summed E-state index contributed by atoms with van der Waals surface area (Å²) < 4.78 is 37.7. The number of halogens is 4. The first-order valence-corrected chi connectivity index (χ1v) is 5.34. The first-order chi connectivity index (χ1) is 7.38. The van der Waals surface area contributed by atoms with Gasteiger partial charge in [-0.1, -0.05) is 11.6 Å². The summed E-state index contributed by atoms with van der Waals surface area (Å²) in [6.45, 7) is 1.63. The van der Waals surface area contributed by atoms with Gasteiger partial charge < -0.3 is 0 Å². The monoisotopic (exact) mass is 250 g/mol. The summed E-state index contributed by atoms with van der Waals surface area (Å²) in [6, 6.07) is 0. The molecule has 1 aliphatic carbocycles. The van der Waals surface area contributed by atoms with E-state index in [1.165, 1.54) is 0 Å². The summed E-state index contributed by atoms with van der Waals surface area (Å²) in [6.07, 6.45) is -3.85. The molecule has 1 aliphatic rings. The second-order valence-corrected chi connectivity index (χ2v) is 4.33. The van der Waals surface area contributed by atoms with Crippen LogP contribution in [0.4, 0.5) is 13.2 Å². The number of hydrogen-bond donors (Lipinski definition) is 0. The standard InChI is InChI=1S/C10H10ClF3N2/c1-5-15-8-4-6(10(12,13)14)2-3-7(8)9(11)16-5/h6H,2-4H2,1H3. The molecular formula is C10H10ClF3N2. The van der Waals surface area contributed by atoms with E-state index in [0.717, 1.165) is 0 Å². The molecule has 16 heavy (non-hydrogen) atoms. The van der Waals surface area contributed by atoms with Gasteiger partial charge in [0, 0.05) is 17.7 Å². The van der Waals surface area contributed by atoms with Crippen LogP contribution in [0.2, 0.25) is 5.15 Å². The predicted molar refractivity (Wildman–Crippen MR) is 53.3 cm³/mol. The molecule has 1 atom stereocenters. The highest BCUT2D eigenvalue weighted by Gasteiger charge is 2.42. The van der Waals surface area contributed by atoms with Crippen LogP contribution in [0.5, 0.6) is 0 Å². The fourth-order valence-corrected chi connectivity index (χ4v) is 2.29. The molecule has 1 unspecified atom stereocenters. The maximum Gasteiger partial charge on any atom is 0.392 e. The van der Waals surface area contributed by atoms with Crippen molar-refractivity contribution < 1.29 is 13.2 Å². The van der Waals surface area contributed by atoms with E-state index in [1.54, 1.807) is 6.92 Å². The van der Waals surface area contributed by atoms with E-state index in [1.807, 2.05) is 0 Å². The molecule has 2 rings (SSSR count). The number of aromatic nitrogens is 2. The van der Waals surface area contributed by atoms with Crippen LogP contribution in [0.1, 0.15) is 23.5 Å². The first-order valence-electron chi connectivity index (χ1n) is 4.96. The van der Waals surface area contributed by atoms with E-state index < -0.39 is 12.1 Å². The van der Waals surface area contributed by atoms with E-state index in [4.69, 9.17) is 11.6 Å². The lowest BCUT2D eigenvalue weighted by molar-refractivity contribution is -0.177. The topological polar surface area (TPSA) is 25.8 Å². The van der Waals surface area contributed by atoms with E-state index >= 15 is 0 Å². The third-order valence-corrected chi connectivity index (χ3v) is 3.11. The van der Waals surface area contributed by atoms with Gasteiger partial charge in [-0.2, -0.15) is 13.2 Å². The smallest absolute Gasteiger partial charge is 0.238 e. The molecule has 0 fully saturated rings. The summed E-state index contributed by atoms with van der Waals surface area (Å²) in [5, 5.41) is 0.295. The Bertz CT molecular complexity index is 417. The Balaban J connectivity index is 2.34. The first kappa shape index (κ1) is 11.6. The molecular weight excluding hydrogens is 241 g/mol. The SMILES string of the molecule is Cc1nc(Cl)c2c(n1)CC(C(F)(F)F)CC2. The quantitative estimate of drug-likeness (QED) is 0.661. The van der Waals surface area contributed by atoms with Crippen molar-refractivity contribution in [2.24, 2.45) is 5.92 Å². The Kier molecular flexibility index (Phi) is 2.82. The maximum absolute atomic E-state index is 12.6. The zero-order chi connectivity index (χ0) is 11.9. The van der Waals surface area contributed by atoms with Gasteiger partial charge >= 0.3 is 6.18 Å². The fourth-order valence-electron chi connectivity index (χ4n) is 1.97. The van der Waals surface area contributed by atoms with Gasteiger partial charge in [0.2, 0.25) is 0 Å². The van der Waals surface area contributed by atoms with Gasteiger partial charge in [0.05, 0.1) is 5.92 Å². The van der Waals surface area contributed by atoms with Crippen molar-refractivity contribution in [3.05, 3.63) is 22.2 Å². The number of nitrogens with zero attached hydrogens (tertiary/aromatic N) is 2. The predicted octanol–water partition coefficient (Wildman–Crippen LogP) is 3.11. The van der Waals surface area contributed by atoms with Crippen molar-refractivity contribution in [1.29, 1.82) is 0 Å². The second kappa shape index (κ2) is 3.87. The van der Waals surface area contributed by atoms with E-state index in [9.17, 15) is 13.2 Å². The van der Waals surface area contributed by atoms with Crippen LogP contribution in [0.25, 0.3) is 0 Å². The van der Waals surface area contributed by atoms with E-state index in [2.05, 4.69) is 9.97 Å². The van der Waals surface area contributed by atoms with Gasteiger partial charge in [-0.25, -0.2) is 9.97 Å². The van der Waals surface area contributed by atoms with Crippen LogP contribution in [0.15, 0.2) is 0 Å². The molecule has 6 heteroatoms. The van der Waals surface area contributed by atoms with Crippen LogP contribution in [0, 0.1) is 12.8 Å². The lowest BCUT2D eigenvalue weighted by atomic mass is 9.87. The Morgan fingerprint density at radius 2 is 2.00 bits per heavy atom. The molecule has 0 spiro atoms. The Hall–Kier alpha value is -0.840. The third kappa shape index (κ3) is 2.14. The van der Waals surface area contributed by atoms with Gasteiger partial charge in [0.15, 0.2) is 0 Å². The van der Waals surface area contributed by atoms with Crippen molar-refractivity contribution in [2.75, 3.05) is 0 Å². The molecule has 0 amide bonds. The molecule has 0 saturated carbocycles. The van der Waals surface area contributed by atoms with Crippen molar-refractivity contribution in [3.8, 4) is 0 Å². The number of rotatable bonds is 0. The van der Waals surface area contributed by atoms with Crippen LogP contribution in [-0.4, -0.2) is 16.1 Å². The molecule has 0 radical (unpaired) electrons. The highest BCUT2D eigenvalue weighted by atomic mass is 35.5. The zero-order valence-electron chi connectivity index (χ0n) is 8.60. The van der Waals surface area contributed by atoms with Gasteiger partial charge in [0.25, 0.3) is 0 Å². The van der Waals surface area contributed by atoms with Crippen LogP contribution < -0.4 is 0 Å².